The molecule has 5 nitrogen and oxygen atoms in total. The van der Waals surface area contributed by atoms with Crippen LogP contribution in [0.4, 0.5) is 0 Å². The molecule has 25 heavy (non-hydrogen) atoms. The molecule has 0 unspecified atom stereocenters. The molecule has 0 saturated carbocycles. The third-order valence-corrected chi connectivity index (χ3v) is 4.19. The van der Waals surface area contributed by atoms with E-state index in [-0.39, 0.29) is 22.8 Å². The summed E-state index contributed by atoms with van der Waals surface area (Å²) in [6, 6.07) is 9.10. The second-order valence-electron chi connectivity index (χ2n) is 7.77. The van der Waals surface area contributed by atoms with Crippen LogP contribution in [-0.4, -0.2) is 30.3 Å². The molecule has 1 aromatic carbocycles. The van der Waals surface area contributed by atoms with E-state index >= 15 is 0 Å². The van der Waals surface area contributed by atoms with Gasteiger partial charge in [0.1, 0.15) is 23.5 Å². The molecule has 0 aromatic heterocycles. The molecule has 1 aromatic rings. The van der Waals surface area contributed by atoms with Crippen LogP contribution in [0.5, 0.6) is 5.75 Å². The first-order valence-corrected chi connectivity index (χ1v) is 8.40. The summed E-state index contributed by atoms with van der Waals surface area (Å²) in [7, 11) is 1.59. The molecule has 1 heterocycles. The first kappa shape index (κ1) is 19.0. The number of hydrogen-bond acceptors (Lipinski definition) is 5. The molecular weight excluding hydrogens is 316 g/mol. The fourth-order valence-electron chi connectivity index (χ4n) is 3.53. The average Bonchev–Trinajstić information content (AvgIpc) is 2.49. The van der Waals surface area contributed by atoms with Crippen LogP contribution in [0.1, 0.15) is 46.1 Å². The van der Waals surface area contributed by atoms with Crippen molar-refractivity contribution >= 4 is 12.0 Å². The van der Waals surface area contributed by atoms with Crippen LogP contribution in [0.3, 0.4) is 0 Å². The van der Waals surface area contributed by atoms with Crippen molar-refractivity contribution in [2.24, 2.45) is 0 Å². The van der Waals surface area contributed by atoms with Gasteiger partial charge in [-0.3, -0.25) is 0 Å². The minimum atomic E-state index is -0.572. The van der Waals surface area contributed by atoms with Gasteiger partial charge in [-0.25, -0.2) is 4.79 Å². The van der Waals surface area contributed by atoms with Crippen molar-refractivity contribution in [2.75, 3.05) is 7.11 Å². The maximum absolute atomic E-state index is 12.4. The number of carbonyl (C=O) groups is 1. The smallest absolute Gasteiger partial charge is 0.349 e. The Balaban J connectivity index is 2.11. The lowest BCUT2D eigenvalue weighted by Gasteiger charge is -2.45. The molecule has 5 heteroatoms. The van der Waals surface area contributed by atoms with Gasteiger partial charge in [0, 0.05) is 23.9 Å². The van der Waals surface area contributed by atoms with Crippen molar-refractivity contribution in [3.05, 3.63) is 35.4 Å². The Labute approximate surface area is 149 Å². The van der Waals surface area contributed by atoms with Gasteiger partial charge in [-0.1, -0.05) is 12.1 Å². The molecular formula is C20H26N2O3. The van der Waals surface area contributed by atoms with Gasteiger partial charge < -0.3 is 14.8 Å². The predicted octanol–water partition coefficient (Wildman–Crippen LogP) is 3.45. The lowest BCUT2D eigenvalue weighted by molar-refractivity contribution is -0.147. The molecule has 1 aliphatic rings. The second-order valence-corrected chi connectivity index (χ2v) is 7.77. The van der Waals surface area contributed by atoms with E-state index in [1.54, 1.807) is 37.5 Å². The zero-order chi connectivity index (χ0) is 18.7. The van der Waals surface area contributed by atoms with Crippen LogP contribution in [-0.2, 0) is 9.53 Å². The fraction of sp³-hybridized carbons (Fsp3) is 0.500. The first-order valence-electron chi connectivity index (χ1n) is 8.40. The standard InChI is InChI=1S/C20H26N2O3/c1-19(2)11-17(12-20(3,4)22-19)25-18(23)15(13-21)10-14-6-8-16(24-5)9-7-14/h6-10,17,22H,11-12H2,1-5H3/b15-10+. The molecule has 1 aliphatic heterocycles. The molecule has 134 valence electrons. The van der Waals surface area contributed by atoms with E-state index in [9.17, 15) is 10.1 Å². The summed E-state index contributed by atoms with van der Waals surface area (Å²) >= 11 is 0. The minimum absolute atomic E-state index is 0.000637. The van der Waals surface area contributed by atoms with E-state index in [4.69, 9.17) is 9.47 Å². The Morgan fingerprint density at radius 3 is 2.24 bits per heavy atom. The van der Waals surface area contributed by atoms with Crippen molar-refractivity contribution < 1.29 is 14.3 Å². The van der Waals surface area contributed by atoms with Crippen LogP contribution in [0, 0.1) is 11.3 Å². The van der Waals surface area contributed by atoms with Gasteiger partial charge in [-0.2, -0.15) is 5.26 Å². The Kier molecular flexibility index (Phi) is 5.54. The van der Waals surface area contributed by atoms with Gasteiger partial charge in [0.05, 0.1) is 7.11 Å². The highest BCUT2D eigenvalue weighted by Gasteiger charge is 2.39. The van der Waals surface area contributed by atoms with Gasteiger partial charge in [0.25, 0.3) is 0 Å². The maximum atomic E-state index is 12.4. The Morgan fingerprint density at radius 2 is 1.76 bits per heavy atom. The summed E-state index contributed by atoms with van der Waals surface area (Å²) in [6.07, 6.45) is 2.75. The van der Waals surface area contributed by atoms with Crippen LogP contribution < -0.4 is 10.1 Å². The number of esters is 1. The highest BCUT2D eigenvalue weighted by atomic mass is 16.5. The molecule has 1 fully saturated rings. The van der Waals surface area contributed by atoms with E-state index in [0.717, 1.165) is 11.3 Å². The number of carbonyl (C=O) groups excluding carboxylic acids is 1. The number of methoxy groups -OCH3 is 1. The summed E-state index contributed by atoms with van der Waals surface area (Å²) in [5, 5.41) is 12.9. The first-order chi connectivity index (χ1) is 11.6. The number of nitriles is 1. The van der Waals surface area contributed by atoms with Gasteiger partial charge >= 0.3 is 5.97 Å². The number of nitrogens with zero attached hydrogens (tertiary/aromatic N) is 1. The highest BCUT2D eigenvalue weighted by molar-refractivity contribution is 5.98. The lowest BCUT2D eigenvalue weighted by Crippen LogP contribution is -2.59. The summed E-state index contributed by atoms with van der Waals surface area (Å²) in [5.41, 5.74) is 0.498. The van der Waals surface area contributed by atoms with Crippen LogP contribution >= 0.6 is 0 Å². The largest absolute Gasteiger partial charge is 0.497 e. The summed E-state index contributed by atoms with van der Waals surface area (Å²) in [6.45, 7) is 8.36. The summed E-state index contributed by atoms with van der Waals surface area (Å²) in [5.74, 6) is 0.147. The third-order valence-electron chi connectivity index (χ3n) is 4.19. The second kappa shape index (κ2) is 7.28. The molecule has 0 atom stereocenters. The van der Waals surface area contributed by atoms with Gasteiger partial charge in [0.2, 0.25) is 0 Å². The molecule has 0 radical (unpaired) electrons. The van der Waals surface area contributed by atoms with Crippen molar-refractivity contribution in [2.45, 2.75) is 57.7 Å². The normalized spacial score (nSPS) is 19.8. The lowest BCUT2D eigenvalue weighted by atomic mass is 9.81. The summed E-state index contributed by atoms with van der Waals surface area (Å²) < 4.78 is 10.7. The Hall–Kier alpha value is -2.32. The number of rotatable bonds is 4. The minimum Gasteiger partial charge on any atom is -0.497 e. The van der Waals surface area contributed by atoms with E-state index in [1.807, 2.05) is 6.07 Å². The summed E-state index contributed by atoms with van der Waals surface area (Å²) in [4.78, 5) is 12.4. The Morgan fingerprint density at radius 1 is 1.20 bits per heavy atom. The van der Waals surface area contributed by atoms with Crippen molar-refractivity contribution in [1.82, 2.24) is 5.32 Å². The Bertz CT molecular complexity index is 681. The van der Waals surface area contributed by atoms with E-state index < -0.39 is 5.97 Å². The van der Waals surface area contributed by atoms with Crippen LogP contribution in [0.25, 0.3) is 6.08 Å². The number of benzene rings is 1. The number of piperidine rings is 1. The predicted molar refractivity (Wildman–Crippen MR) is 97.0 cm³/mol. The van der Waals surface area contributed by atoms with Crippen LogP contribution in [0.2, 0.25) is 0 Å². The molecule has 0 spiro atoms. The molecule has 1 N–H and O–H groups in total. The topological polar surface area (TPSA) is 71.3 Å². The van der Waals surface area contributed by atoms with Crippen molar-refractivity contribution in [3.63, 3.8) is 0 Å². The van der Waals surface area contributed by atoms with Gasteiger partial charge in [0.15, 0.2) is 0 Å². The van der Waals surface area contributed by atoms with Crippen molar-refractivity contribution in [1.29, 1.82) is 5.26 Å². The molecule has 1 saturated heterocycles. The van der Waals surface area contributed by atoms with Crippen molar-refractivity contribution in [3.8, 4) is 11.8 Å². The zero-order valence-electron chi connectivity index (χ0n) is 15.6. The van der Waals surface area contributed by atoms with E-state index in [0.29, 0.717) is 12.8 Å². The van der Waals surface area contributed by atoms with E-state index in [1.165, 1.54) is 0 Å². The zero-order valence-corrected chi connectivity index (χ0v) is 15.6. The molecule has 0 bridgehead atoms. The average molecular weight is 342 g/mol. The SMILES string of the molecule is COc1ccc(/C=C(\C#N)C(=O)OC2CC(C)(C)NC(C)(C)C2)cc1. The number of nitrogens with one attached hydrogen (secondary N) is 1. The molecule has 0 amide bonds. The van der Waals surface area contributed by atoms with Gasteiger partial charge in [-0.15, -0.1) is 0 Å². The van der Waals surface area contributed by atoms with E-state index in [2.05, 4.69) is 33.0 Å². The fourth-order valence-corrected chi connectivity index (χ4v) is 3.53. The molecule has 2 rings (SSSR count). The highest BCUT2D eigenvalue weighted by Crippen LogP contribution is 2.30. The van der Waals surface area contributed by atoms with Gasteiger partial charge in [-0.05, 0) is 51.5 Å². The monoisotopic (exact) mass is 342 g/mol. The quantitative estimate of drug-likeness (QED) is 0.515. The number of ether oxygens (including phenoxy) is 2. The third kappa shape index (κ3) is 5.33. The van der Waals surface area contributed by atoms with Crippen LogP contribution in [0.15, 0.2) is 29.8 Å². The molecule has 0 aliphatic carbocycles. The maximum Gasteiger partial charge on any atom is 0.349 e. The number of hydrogen-bond donors (Lipinski definition) is 1.